The minimum absolute atomic E-state index is 0.103. The number of carbonyl (C=O) groups is 3. The molecule has 4 N–H and O–H groups in total. The molecule has 1 aromatic rings. The van der Waals surface area contributed by atoms with E-state index in [1.807, 2.05) is 0 Å². The highest BCUT2D eigenvalue weighted by atomic mass is 16.3. The number of carbonyl (C=O) groups excluding carboxylic acids is 3. The van der Waals surface area contributed by atoms with Gasteiger partial charge in [-0.15, -0.1) is 0 Å². The van der Waals surface area contributed by atoms with Gasteiger partial charge in [0.05, 0.1) is 12.8 Å². The molecule has 8 nitrogen and oxygen atoms in total. The van der Waals surface area contributed by atoms with E-state index >= 15 is 0 Å². The average molecular weight is 306 g/mol. The standard InChI is InChI=1S/C14H18N4O4/c19-11-14(18-13(21)17-11)5-1-3-9(14)7-15-12(20)16-8-10-4-2-6-22-10/h2,4,6,9H,1,3,5,7-8H2,(H2,15,16,20)(H2,17,18,19,21)/t9-,14-/m0/s1. The van der Waals surface area contributed by atoms with Gasteiger partial charge in [0.15, 0.2) is 0 Å². The fourth-order valence-corrected chi connectivity index (χ4v) is 3.18. The molecule has 1 aromatic heterocycles. The maximum Gasteiger partial charge on any atom is 0.322 e. The Bertz CT molecular complexity index is 586. The van der Waals surface area contributed by atoms with Crippen LogP contribution in [0.4, 0.5) is 9.59 Å². The van der Waals surface area contributed by atoms with Gasteiger partial charge in [0.2, 0.25) is 0 Å². The van der Waals surface area contributed by atoms with Gasteiger partial charge >= 0.3 is 12.1 Å². The van der Waals surface area contributed by atoms with Crippen LogP contribution in [0, 0.1) is 5.92 Å². The zero-order valence-corrected chi connectivity index (χ0v) is 12.0. The maximum atomic E-state index is 12.0. The summed E-state index contributed by atoms with van der Waals surface area (Å²) in [4.78, 5) is 35.2. The van der Waals surface area contributed by atoms with Gasteiger partial charge in [0.25, 0.3) is 5.91 Å². The molecule has 5 amide bonds. The lowest BCUT2D eigenvalue weighted by atomic mass is 9.87. The molecule has 1 spiro atoms. The topological polar surface area (TPSA) is 112 Å². The molecule has 22 heavy (non-hydrogen) atoms. The molecule has 1 aliphatic heterocycles. The van der Waals surface area contributed by atoms with Crippen molar-refractivity contribution >= 4 is 18.0 Å². The molecule has 118 valence electrons. The van der Waals surface area contributed by atoms with E-state index in [9.17, 15) is 14.4 Å². The predicted molar refractivity (Wildman–Crippen MR) is 75.7 cm³/mol. The molecule has 1 saturated carbocycles. The van der Waals surface area contributed by atoms with Crippen LogP contribution < -0.4 is 21.3 Å². The zero-order valence-electron chi connectivity index (χ0n) is 12.0. The number of nitrogens with one attached hydrogen (secondary N) is 4. The summed E-state index contributed by atoms with van der Waals surface area (Å²) in [7, 11) is 0. The van der Waals surface area contributed by atoms with Gasteiger partial charge < -0.3 is 20.4 Å². The minimum atomic E-state index is -0.870. The van der Waals surface area contributed by atoms with Crippen LogP contribution in [0.3, 0.4) is 0 Å². The van der Waals surface area contributed by atoms with E-state index in [1.165, 1.54) is 0 Å². The Kier molecular flexibility index (Phi) is 3.74. The summed E-state index contributed by atoms with van der Waals surface area (Å²) in [6.07, 6.45) is 3.77. The first-order valence-corrected chi connectivity index (χ1v) is 7.28. The normalized spacial score (nSPS) is 26.8. The monoisotopic (exact) mass is 306 g/mol. The summed E-state index contributed by atoms with van der Waals surface area (Å²) in [5.41, 5.74) is -0.870. The average Bonchev–Trinajstić information content (AvgIpc) is 3.18. The molecule has 0 unspecified atom stereocenters. The van der Waals surface area contributed by atoms with E-state index in [0.717, 1.165) is 12.8 Å². The first kappa shape index (κ1) is 14.4. The summed E-state index contributed by atoms with van der Waals surface area (Å²) in [5, 5.41) is 10.4. The number of hydrogen-bond donors (Lipinski definition) is 4. The Labute approximate surface area is 127 Å². The van der Waals surface area contributed by atoms with E-state index in [-0.39, 0.29) is 17.9 Å². The van der Waals surface area contributed by atoms with Crippen LogP contribution >= 0.6 is 0 Å². The molecule has 1 aliphatic carbocycles. The summed E-state index contributed by atoms with van der Waals surface area (Å²) in [6, 6.07) is 2.73. The van der Waals surface area contributed by atoms with E-state index < -0.39 is 11.6 Å². The van der Waals surface area contributed by atoms with Crippen molar-refractivity contribution in [1.82, 2.24) is 21.3 Å². The molecule has 2 heterocycles. The Morgan fingerprint density at radius 3 is 2.95 bits per heavy atom. The van der Waals surface area contributed by atoms with E-state index in [2.05, 4.69) is 21.3 Å². The highest BCUT2D eigenvalue weighted by Gasteiger charge is 2.54. The van der Waals surface area contributed by atoms with Crippen LogP contribution in [0.25, 0.3) is 0 Å². The second kappa shape index (κ2) is 5.70. The smallest absolute Gasteiger partial charge is 0.322 e. The summed E-state index contributed by atoms with van der Waals surface area (Å²) < 4.78 is 5.12. The number of amides is 5. The van der Waals surface area contributed by atoms with Gasteiger partial charge in [-0.25, -0.2) is 9.59 Å². The van der Waals surface area contributed by atoms with E-state index in [0.29, 0.717) is 25.3 Å². The Morgan fingerprint density at radius 2 is 2.27 bits per heavy atom. The third kappa shape index (κ3) is 2.63. The van der Waals surface area contributed by atoms with Crippen LogP contribution in [0.2, 0.25) is 0 Å². The van der Waals surface area contributed by atoms with Crippen LogP contribution in [0.15, 0.2) is 22.8 Å². The molecule has 0 bridgehead atoms. The highest BCUT2D eigenvalue weighted by Crippen LogP contribution is 2.37. The second-order valence-corrected chi connectivity index (χ2v) is 5.61. The molecule has 2 atom stereocenters. The lowest BCUT2D eigenvalue weighted by molar-refractivity contribution is -0.125. The molecular formula is C14H18N4O4. The molecular weight excluding hydrogens is 288 g/mol. The SMILES string of the molecule is O=C(NCc1ccco1)NC[C@@H]1CCC[C@]12NC(=O)NC2=O. The van der Waals surface area contributed by atoms with Crippen molar-refractivity contribution in [2.45, 2.75) is 31.3 Å². The van der Waals surface area contributed by atoms with Crippen LogP contribution in [0.1, 0.15) is 25.0 Å². The van der Waals surface area contributed by atoms with Gasteiger partial charge in [0, 0.05) is 12.5 Å². The lowest BCUT2D eigenvalue weighted by Gasteiger charge is -2.28. The van der Waals surface area contributed by atoms with E-state index in [1.54, 1.807) is 18.4 Å². The van der Waals surface area contributed by atoms with Crippen molar-refractivity contribution in [2.24, 2.45) is 5.92 Å². The number of rotatable bonds is 4. The molecule has 8 heteroatoms. The lowest BCUT2D eigenvalue weighted by Crippen LogP contribution is -2.53. The first-order valence-electron chi connectivity index (χ1n) is 7.28. The van der Waals surface area contributed by atoms with Crippen LogP contribution in [-0.2, 0) is 11.3 Å². The number of urea groups is 2. The van der Waals surface area contributed by atoms with Gasteiger partial charge in [-0.2, -0.15) is 0 Å². The molecule has 2 aliphatic rings. The minimum Gasteiger partial charge on any atom is -0.467 e. The molecule has 0 aromatic carbocycles. The largest absolute Gasteiger partial charge is 0.467 e. The Hall–Kier alpha value is -2.51. The van der Waals surface area contributed by atoms with Crippen molar-refractivity contribution in [1.29, 1.82) is 0 Å². The van der Waals surface area contributed by atoms with Gasteiger partial charge in [-0.05, 0) is 25.0 Å². The fraction of sp³-hybridized carbons (Fsp3) is 0.500. The second-order valence-electron chi connectivity index (χ2n) is 5.61. The summed E-state index contributed by atoms with van der Waals surface area (Å²) in [5.74, 6) is 0.265. The van der Waals surface area contributed by atoms with Gasteiger partial charge in [-0.1, -0.05) is 6.42 Å². The fourth-order valence-electron chi connectivity index (χ4n) is 3.18. The zero-order chi connectivity index (χ0) is 15.6. The first-order chi connectivity index (χ1) is 10.6. The molecule has 3 rings (SSSR count). The summed E-state index contributed by atoms with van der Waals surface area (Å²) >= 11 is 0. The Morgan fingerprint density at radius 1 is 1.41 bits per heavy atom. The van der Waals surface area contributed by atoms with Crippen molar-refractivity contribution < 1.29 is 18.8 Å². The van der Waals surface area contributed by atoms with Crippen molar-refractivity contribution in [3.05, 3.63) is 24.2 Å². The predicted octanol–water partition coefficient (Wildman–Crippen LogP) is 0.457. The van der Waals surface area contributed by atoms with Crippen LogP contribution in [-0.4, -0.2) is 30.1 Å². The maximum absolute atomic E-state index is 12.0. The third-order valence-corrected chi connectivity index (χ3v) is 4.30. The highest BCUT2D eigenvalue weighted by molar-refractivity contribution is 6.07. The number of furan rings is 1. The van der Waals surface area contributed by atoms with Gasteiger partial charge in [-0.3, -0.25) is 10.1 Å². The van der Waals surface area contributed by atoms with E-state index in [4.69, 9.17) is 4.42 Å². The Balaban J connectivity index is 1.51. The number of imide groups is 1. The van der Waals surface area contributed by atoms with Crippen molar-refractivity contribution in [3.63, 3.8) is 0 Å². The quantitative estimate of drug-likeness (QED) is 0.605. The van der Waals surface area contributed by atoms with Crippen molar-refractivity contribution in [2.75, 3.05) is 6.54 Å². The molecule has 1 saturated heterocycles. The van der Waals surface area contributed by atoms with Crippen LogP contribution in [0.5, 0.6) is 0 Å². The molecule has 0 radical (unpaired) electrons. The molecule has 2 fully saturated rings. The third-order valence-electron chi connectivity index (χ3n) is 4.30. The van der Waals surface area contributed by atoms with Gasteiger partial charge in [0.1, 0.15) is 11.3 Å². The van der Waals surface area contributed by atoms with Crippen molar-refractivity contribution in [3.8, 4) is 0 Å². The number of hydrogen-bond acceptors (Lipinski definition) is 4. The summed E-state index contributed by atoms with van der Waals surface area (Å²) in [6.45, 7) is 0.629.